The van der Waals surface area contributed by atoms with E-state index in [9.17, 15) is 45.3 Å². The highest BCUT2D eigenvalue weighted by Crippen LogP contribution is 2.26. The van der Waals surface area contributed by atoms with Crippen LogP contribution >= 0.6 is 0 Å². The molecule has 0 aliphatic carbocycles. The molecule has 394 valence electrons. The second kappa shape index (κ2) is 40.1. The molecule has 4 unspecified atom stereocenters. The fourth-order valence-corrected chi connectivity index (χ4v) is 8.04. The molecule has 15 nitrogen and oxygen atoms in total. The Balaban J connectivity index is 1.83. The second-order valence-electron chi connectivity index (χ2n) is 18.4. The molecule has 0 bridgehead atoms. The minimum atomic E-state index is -1.78. The van der Waals surface area contributed by atoms with Crippen LogP contribution in [0.3, 0.4) is 0 Å². The molecule has 68 heavy (non-hydrogen) atoms. The fraction of sp³-hybridized carbons (Fsp3) is 0.811. The molecule has 0 radical (unpaired) electrons. The average Bonchev–Trinajstić information content (AvgIpc) is 3.33. The summed E-state index contributed by atoms with van der Waals surface area (Å²) in [4.78, 5) is 25.7. The van der Waals surface area contributed by atoms with E-state index in [4.69, 9.17) is 28.4 Å². The molecule has 2 heterocycles. The number of allylic oxidation sites excluding steroid dienone is 7. The molecule has 0 aromatic rings. The van der Waals surface area contributed by atoms with Crippen LogP contribution in [0.25, 0.3) is 0 Å². The topological polar surface area (TPSA) is 231 Å². The van der Waals surface area contributed by atoms with E-state index in [2.05, 4.69) is 38.2 Å². The van der Waals surface area contributed by atoms with Crippen LogP contribution in [0.5, 0.6) is 0 Å². The minimum Gasteiger partial charge on any atom is -0.462 e. The Bertz CT molecular complexity index is 1370. The zero-order chi connectivity index (χ0) is 49.6. The van der Waals surface area contributed by atoms with Crippen LogP contribution in [0.4, 0.5) is 0 Å². The summed E-state index contributed by atoms with van der Waals surface area (Å²) in [6.07, 6.45) is 27.7. The summed E-state index contributed by atoms with van der Waals surface area (Å²) in [5.41, 5.74) is 0. The lowest BCUT2D eigenvalue weighted by molar-refractivity contribution is -0.332. The molecule has 0 aromatic carbocycles. The standard InChI is InChI=1S/C53H92O15/c1-3-5-7-9-11-13-15-17-19-20-22-23-25-27-29-31-33-35-44(55)63-38-41(66-45(56)36-34-32-30-28-26-24-21-18-16-14-12-10-8-6-4-2)39-64-52-51(62)49(60)47(58)43(68-52)40-65-53-50(61)48(59)46(57)42(37-54)67-53/h11,13,17,19,30,32,34,36,41-43,46-54,57-62H,3-10,12,14-16,18,20-29,31,33,35,37-40H2,1-2H3/b13-11+,19-17+,32-30+,36-34+/t41-,42+,43+,46-,47-,48?,49?,50?,51?,52+,53+/m0/s1. The number of aliphatic hydroxyl groups excluding tert-OH is 7. The van der Waals surface area contributed by atoms with E-state index in [1.165, 1.54) is 102 Å². The first-order valence-electron chi connectivity index (χ1n) is 26.3. The van der Waals surface area contributed by atoms with Gasteiger partial charge in [0, 0.05) is 12.5 Å². The smallest absolute Gasteiger partial charge is 0.331 e. The van der Waals surface area contributed by atoms with Gasteiger partial charge in [0.25, 0.3) is 0 Å². The van der Waals surface area contributed by atoms with Crippen molar-refractivity contribution in [2.75, 3.05) is 26.4 Å². The summed E-state index contributed by atoms with van der Waals surface area (Å²) in [6, 6.07) is 0. The van der Waals surface area contributed by atoms with E-state index in [1.807, 2.05) is 6.08 Å². The van der Waals surface area contributed by atoms with Crippen LogP contribution < -0.4 is 0 Å². The Morgan fingerprint density at radius 2 is 0.985 bits per heavy atom. The summed E-state index contributed by atoms with van der Waals surface area (Å²) >= 11 is 0. The molecule has 2 aliphatic heterocycles. The van der Waals surface area contributed by atoms with Crippen LogP contribution in [0.1, 0.15) is 181 Å². The van der Waals surface area contributed by atoms with Gasteiger partial charge < -0.3 is 64.2 Å². The quantitative estimate of drug-likeness (QED) is 0.0104. The molecule has 15 heteroatoms. The van der Waals surface area contributed by atoms with Gasteiger partial charge in [-0.15, -0.1) is 0 Å². The lowest BCUT2D eigenvalue weighted by atomic mass is 9.98. The first kappa shape index (κ1) is 61.6. The number of hydrogen-bond acceptors (Lipinski definition) is 15. The normalized spacial score (nSPS) is 26.1. The molecule has 2 saturated heterocycles. The first-order valence-corrected chi connectivity index (χ1v) is 26.3. The highest BCUT2D eigenvalue weighted by molar-refractivity contribution is 5.82. The maximum Gasteiger partial charge on any atom is 0.331 e. The number of aliphatic hydroxyl groups is 7. The Kier molecular flexibility index (Phi) is 36.3. The SMILES string of the molecule is CCCCC/C=C/C/C=C/CCCCCCCCCC(=O)OC[C@@H](CO[C@@H]1O[C@H](CO[C@@H]2O[C@H](CO)[C@H](O)C(O)C2O)[C@H](O)C(O)C1O)OC(=O)/C=C/C=C/CCCCCCCCCCCCC. The third-order valence-electron chi connectivity index (χ3n) is 12.4. The predicted molar refractivity (Wildman–Crippen MR) is 261 cm³/mol. The van der Waals surface area contributed by atoms with E-state index >= 15 is 0 Å². The number of carbonyl (C=O) groups is 2. The zero-order valence-electron chi connectivity index (χ0n) is 41.6. The van der Waals surface area contributed by atoms with Crippen molar-refractivity contribution < 1.29 is 73.8 Å². The second-order valence-corrected chi connectivity index (χ2v) is 18.4. The predicted octanol–water partition coefficient (Wildman–Crippen LogP) is 7.49. The molecular formula is C53H92O15. The minimum absolute atomic E-state index is 0.188. The van der Waals surface area contributed by atoms with Crippen LogP contribution in [-0.2, 0) is 38.0 Å². The van der Waals surface area contributed by atoms with Gasteiger partial charge in [-0.1, -0.05) is 166 Å². The lowest BCUT2D eigenvalue weighted by Gasteiger charge is -2.42. The van der Waals surface area contributed by atoms with Crippen molar-refractivity contribution in [3.8, 4) is 0 Å². The van der Waals surface area contributed by atoms with E-state index < -0.39 is 99.3 Å². The highest BCUT2D eigenvalue weighted by Gasteiger charge is 2.47. The van der Waals surface area contributed by atoms with Gasteiger partial charge in [-0.2, -0.15) is 0 Å². The molecule has 2 rings (SSSR count). The Hall–Kier alpha value is -2.54. The van der Waals surface area contributed by atoms with Crippen LogP contribution in [0.2, 0.25) is 0 Å². The van der Waals surface area contributed by atoms with E-state index in [0.717, 1.165) is 57.8 Å². The summed E-state index contributed by atoms with van der Waals surface area (Å²) in [7, 11) is 0. The number of esters is 2. The van der Waals surface area contributed by atoms with E-state index in [-0.39, 0.29) is 13.0 Å². The van der Waals surface area contributed by atoms with Gasteiger partial charge >= 0.3 is 11.9 Å². The molecule has 2 fully saturated rings. The summed E-state index contributed by atoms with van der Waals surface area (Å²) in [5.74, 6) is -1.19. The molecule has 0 amide bonds. The van der Waals surface area contributed by atoms with E-state index in [0.29, 0.717) is 6.42 Å². The molecule has 11 atom stereocenters. The number of hydrogen-bond donors (Lipinski definition) is 7. The maximum absolute atomic E-state index is 12.9. The van der Waals surface area contributed by atoms with Gasteiger partial charge in [0.2, 0.25) is 0 Å². The Morgan fingerprint density at radius 1 is 0.515 bits per heavy atom. The van der Waals surface area contributed by atoms with Crippen molar-refractivity contribution in [1.82, 2.24) is 0 Å². The molecule has 0 aromatic heterocycles. The summed E-state index contributed by atoms with van der Waals surface area (Å²) in [5, 5.41) is 72.0. The van der Waals surface area contributed by atoms with Gasteiger partial charge in [0.1, 0.15) is 55.4 Å². The number of unbranched alkanes of at least 4 members (excludes halogenated alkanes) is 21. The summed E-state index contributed by atoms with van der Waals surface area (Å²) in [6.45, 7) is 2.44. The van der Waals surface area contributed by atoms with Crippen molar-refractivity contribution in [2.24, 2.45) is 0 Å². The highest BCUT2D eigenvalue weighted by atomic mass is 16.7. The monoisotopic (exact) mass is 969 g/mol. The average molecular weight is 969 g/mol. The van der Waals surface area contributed by atoms with Crippen molar-refractivity contribution in [3.63, 3.8) is 0 Å². The Morgan fingerprint density at radius 3 is 1.56 bits per heavy atom. The van der Waals surface area contributed by atoms with Crippen molar-refractivity contribution in [1.29, 1.82) is 0 Å². The molecule has 7 N–H and O–H groups in total. The molecular weight excluding hydrogens is 877 g/mol. The first-order chi connectivity index (χ1) is 33.0. The van der Waals surface area contributed by atoms with E-state index in [1.54, 1.807) is 12.2 Å². The maximum atomic E-state index is 12.9. The summed E-state index contributed by atoms with van der Waals surface area (Å²) < 4.78 is 33.4. The van der Waals surface area contributed by atoms with Gasteiger partial charge in [-0.25, -0.2) is 4.79 Å². The van der Waals surface area contributed by atoms with Crippen LogP contribution in [-0.4, -0.2) is 142 Å². The van der Waals surface area contributed by atoms with Gasteiger partial charge in [-0.05, 0) is 51.4 Å². The van der Waals surface area contributed by atoms with Crippen molar-refractivity contribution in [3.05, 3.63) is 48.6 Å². The number of ether oxygens (including phenoxy) is 6. The largest absolute Gasteiger partial charge is 0.462 e. The Labute approximate surface area is 408 Å². The van der Waals surface area contributed by atoms with Crippen LogP contribution in [0.15, 0.2) is 48.6 Å². The van der Waals surface area contributed by atoms with Crippen molar-refractivity contribution in [2.45, 2.75) is 248 Å². The third-order valence-corrected chi connectivity index (χ3v) is 12.4. The van der Waals surface area contributed by atoms with Crippen LogP contribution in [0, 0.1) is 0 Å². The number of rotatable bonds is 40. The van der Waals surface area contributed by atoms with Gasteiger partial charge in [0.05, 0.1) is 19.8 Å². The molecule has 2 aliphatic rings. The number of carbonyl (C=O) groups excluding carboxylic acids is 2. The molecule has 0 spiro atoms. The third kappa shape index (κ3) is 27.7. The van der Waals surface area contributed by atoms with Gasteiger partial charge in [-0.3, -0.25) is 4.79 Å². The molecule has 0 saturated carbocycles. The fourth-order valence-electron chi connectivity index (χ4n) is 8.04. The zero-order valence-corrected chi connectivity index (χ0v) is 41.6. The van der Waals surface area contributed by atoms with Gasteiger partial charge in [0.15, 0.2) is 18.7 Å². The lowest BCUT2D eigenvalue weighted by Crippen LogP contribution is -2.61. The van der Waals surface area contributed by atoms with Crippen molar-refractivity contribution >= 4 is 11.9 Å².